The number of anilines is 1. The van der Waals surface area contributed by atoms with Crippen molar-refractivity contribution >= 4 is 51.4 Å². The monoisotopic (exact) mass is 422 g/mol. The summed E-state index contributed by atoms with van der Waals surface area (Å²) in [6.07, 6.45) is 0.985. The summed E-state index contributed by atoms with van der Waals surface area (Å²) < 4.78 is 0. The predicted molar refractivity (Wildman–Crippen MR) is 115 cm³/mol. The van der Waals surface area contributed by atoms with E-state index in [-0.39, 0.29) is 6.04 Å². The highest BCUT2D eigenvalue weighted by Gasteiger charge is 2.29. The molecule has 4 rings (SSSR count). The molecule has 27 heavy (non-hydrogen) atoms. The molecule has 7 heteroatoms. The summed E-state index contributed by atoms with van der Waals surface area (Å²) in [5.74, 6) is 0. The number of hydrogen-bond donors (Lipinski definition) is 3. The molecule has 142 valence electrons. The van der Waals surface area contributed by atoms with Gasteiger partial charge in [0.1, 0.15) is 0 Å². The summed E-state index contributed by atoms with van der Waals surface area (Å²) in [6.45, 7) is 3.23. The van der Waals surface area contributed by atoms with Crippen molar-refractivity contribution in [1.29, 1.82) is 0 Å². The molecule has 4 N–H and O–H groups in total. The van der Waals surface area contributed by atoms with Crippen LogP contribution < -0.4 is 11.1 Å². The van der Waals surface area contributed by atoms with Gasteiger partial charge >= 0.3 is 0 Å². The van der Waals surface area contributed by atoms with Gasteiger partial charge in [-0.15, -0.1) is 0 Å². The zero-order valence-corrected chi connectivity index (χ0v) is 17.0. The van der Waals surface area contributed by atoms with E-state index in [2.05, 4.69) is 15.2 Å². The minimum atomic E-state index is 0.176. The predicted octanol–water partition coefficient (Wildman–Crippen LogP) is 5.10. The Balaban J connectivity index is 1.48. The van der Waals surface area contributed by atoms with Gasteiger partial charge in [0.05, 0.1) is 16.1 Å². The van der Waals surface area contributed by atoms with Crippen LogP contribution in [0.25, 0.3) is 10.9 Å². The lowest BCUT2D eigenvalue weighted by Crippen LogP contribution is -2.41. The second-order valence-electron chi connectivity index (χ2n) is 6.80. The minimum Gasteiger partial charge on any atom is -0.384 e. The van der Waals surface area contributed by atoms with E-state index in [9.17, 15) is 0 Å². The number of nitrogens with one attached hydrogen (secondary N) is 2. The maximum atomic E-state index is 6.19. The Labute approximate surface area is 173 Å². The lowest BCUT2D eigenvalue weighted by atomic mass is 9.97. The Hall–Kier alpha value is -1.43. The van der Waals surface area contributed by atoms with Crippen molar-refractivity contribution in [3.63, 3.8) is 0 Å². The van der Waals surface area contributed by atoms with Crippen molar-refractivity contribution < 1.29 is 0 Å². The number of nitrogens with two attached hydrogens (primary N) is 1. The van der Waals surface area contributed by atoms with Crippen molar-refractivity contribution in [2.75, 3.05) is 31.5 Å². The summed E-state index contributed by atoms with van der Waals surface area (Å²) in [7, 11) is 0. The molecule has 2 heterocycles. The van der Waals surface area contributed by atoms with E-state index in [1.807, 2.05) is 30.3 Å². The maximum absolute atomic E-state index is 6.19. The summed E-state index contributed by atoms with van der Waals surface area (Å²) in [6, 6.07) is 11.8. The summed E-state index contributed by atoms with van der Waals surface area (Å²) in [4.78, 5) is 5.98. The number of rotatable bonds is 5. The number of aromatic nitrogens is 1. The Morgan fingerprint density at radius 1 is 1.11 bits per heavy atom. The molecule has 0 amide bonds. The van der Waals surface area contributed by atoms with Crippen molar-refractivity contribution in [2.24, 2.45) is 5.73 Å². The number of halogens is 3. The molecule has 0 saturated carbocycles. The molecule has 0 spiro atoms. The largest absolute Gasteiger partial charge is 0.384 e. The lowest BCUT2D eigenvalue weighted by molar-refractivity contribution is 0.194. The molecule has 1 aliphatic heterocycles. The number of fused-ring (bicyclic) bond motifs is 3. The first-order chi connectivity index (χ1) is 13.1. The fraction of sp³-hybridized carbons (Fsp3) is 0.300. The highest BCUT2D eigenvalue weighted by Crippen LogP contribution is 2.35. The molecule has 2 aromatic carbocycles. The van der Waals surface area contributed by atoms with E-state index in [4.69, 9.17) is 40.5 Å². The van der Waals surface area contributed by atoms with Gasteiger partial charge in [0.2, 0.25) is 0 Å². The molecule has 0 bridgehead atoms. The Kier molecular flexibility index (Phi) is 5.53. The van der Waals surface area contributed by atoms with E-state index in [1.54, 1.807) is 6.07 Å². The number of hydrogen-bond acceptors (Lipinski definition) is 3. The van der Waals surface area contributed by atoms with Gasteiger partial charge in [-0.25, -0.2) is 0 Å². The SMILES string of the molecule is NCC1c2[nH]c3ccc(Cl)cc3c2CCN1CCNc1ccc(Cl)c(Cl)c1. The van der Waals surface area contributed by atoms with Crippen LogP contribution in [0.2, 0.25) is 15.1 Å². The third kappa shape index (κ3) is 3.78. The van der Waals surface area contributed by atoms with Gasteiger partial charge in [-0.3, -0.25) is 4.90 Å². The van der Waals surface area contributed by atoms with Gasteiger partial charge in [-0.1, -0.05) is 34.8 Å². The Morgan fingerprint density at radius 2 is 1.96 bits per heavy atom. The van der Waals surface area contributed by atoms with Crippen LogP contribution in [-0.2, 0) is 6.42 Å². The van der Waals surface area contributed by atoms with E-state index in [1.165, 1.54) is 16.6 Å². The molecule has 3 aromatic rings. The van der Waals surface area contributed by atoms with Crippen LogP contribution in [0.5, 0.6) is 0 Å². The van der Waals surface area contributed by atoms with E-state index >= 15 is 0 Å². The fourth-order valence-corrected chi connectivity index (χ4v) is 4.34. The Morgan fingerprint density at radius 3 is 2.74 bits per heavy atom. The van der Waals surface area contributed by atoms with Gasteiger partial charge in [0, 0.05) is 53.5 Å². The number of nitrogens with zero attached hydrogens (tertiary/aromatic N) is 1. The molecule has 1 aromatic heterocycles. The van der Waals surface area contributed by atoms with E-state index in [0.29, 0.717) is 16.6 Å². The third-order valence-corrected chi connectivity index (χ3v) is 6.17. The van der Waals surface area contributed by atoms with Gasteiger partial charge < -0.3 is 16.0 Å². The van der Waals surface area contributed by atoms with Crippen molar-refractivity contribution in [1.82, 2.24) is 9.88 Å². The first-order valence-electron chi connectivity index (χ1n) is 9.00. The van der Waals surface area contributed by atoms with Gasteiger partial charge in [0.25, 0.3) is 0 Å². The van der Waals surface area contributed by atoms with Crippen molar-refractivity contribution in [3.8, 4) is 0 Å². The van der Waals surface area contributed by atoms with Crippen LogP contribution in [0.4, 0.5) is 5.69 Å². The molecular formula is C20H21Cl3N4. The first-order valence-corrected chi connectivity index (χ1v) is 10.1. The Bertz CT molecular complexity index is 969. The smallest absolute Gasteiger partial charge is 0.0626 e. The topological polar surface area (TPSA) is 57.1 Å². The van der Waals surface area contributed by atoms with Gasteiger partial charge in [0.15, 0.2) is 0 Å². The fourth-order valence-electron chi connectivity index (χ4n) is 3.87. The van der Waals surface area contributed by atoms with E-state index in [0.717, 1.165) is 42.3 Å². The summed E-state index contributed by atoms with van der Waals surface area (Å²) in [5.41, 5.74) is 10.8. The summed E-state index contributed by atoms with van der Waals surface area (Å²) in [5, 5.41) is 6.51. The van der Waals surface area contributed by atoms with Gasteiger partial charge in [-0.05, 0) is 48.4 Å². The minimum absolute atomic E-state index is 0.176. The van der Waals surface area contributed by atoms with Gasteiger partial charge in [-0.2, -0.15) is 0 Å². The average molecular weight is 424 g/mol. The van der Waals surface area contributed by atoms with Crippen molar-refractivity contribution in [3.05, 3.63) is 62.7 Å². The third-order valence-electron chi connectivity index (χ3n) is 5.20. The lowest BCUT2D eigenvalue weighted by Gasteiger charge is -2.35. The second-order valence-corrected chi connectivity index (χ2v) is 8.05. The average Bonchev–Trinajstić information content (AvgIpc) is 3.02. The van der Waals surface area contributed by atoms with Crippen LogP contribution in [-0.4, -0.2) is 36.1 Å². The van der Waals surface area contributed by atoms with Crippen LogP contribution in [0.3, 0.4) is 0 Å². The zero-order valence-electron chi connectivity index (χ0n) is 14.7. The van der Waals surface area contributed by atoms with Crippen molar-refractivity contribution in [2.45, 2.75) is 12.5 Å². The molecule has 0 fully saturated rings. The molecule has 1 unspecified atom stereocenters. The van der Waals surface area contributed by atoms with Crippen LogP contribution in [0.15, 0.2) is 36.4 Å². The molecule has 0 aliphatic carbocycles. The molecule has 0 saturated heterocycles. The number of aromatic amines is 1. The highest BCUT2D eigenvalue weighted by molar-refractivity contribution is 6.42. The zero-order chi connectivity index (χ0) is 19.0. The molecule has 1 atom stereocenters. The molecule has 0 radical (unpaired) electrons. The molecule has 4 nitrogen and oxygen atoms in total. The highest BCUT2D eigenvalue weighted by atomic mass is 35.5. The number of benzene rings is 2. The van der Waals surface area contributed by atoms with E-state index < -0.39 is 0 Å². The normalized spacial score (nSPS) is 17.3. The molecule has 1 aliphatic rings. The van der Waals surface area contributed by atoms with Crippen LogP contribution in [0.1, 0.15) is 17.3 Å². The van der Waals surface area contributed by atoms with Crippen LogP contribution in [0, 0.1) is 0 Å². The standard InChI is InChI=1S/C20H21Cl3N4/c21-12-1-4-18-15(9-12)14-5-7-27(19(11-24)20(14)26-18)8-6-25-13-2-3-16(22)17(23)10-13/h1-4,9-10,19,25-26H,5-8,11,24H2. The summed E-state index contributed by atoms with van der Waals surface area (Å²) >= 11 is 18.2. The quantitative estimate of drug-likeness (QED) is 0.535. The number of H-pyrrole nitrogens is 1. The maximum Gasteiger partial charge on any atom is 0.0626 e. The second kappa shape index (κ2) is 7.90. The van der Waals surface area contributed by atoms with Crippen LogP contribution >= 0.6 is 34.8 Å². The molecular weight excluding hydrogens is 403 g/mol. The first kappa shape index (κ1) is 18.9.